The number of hydrogen-bond donors (Lipinski definition) is 3. The zero-order valence-electron chi connectivity index (χ0n) is 10.6. The van der Waals surface area contributed by atoms with Crippen molar-refractivity contribution < 1.29 is 19.7 Å². The van der Waals surface area contributed by atoms with E-state index in [1.54, 1.807) is 7.11 Å². The van der Waals surface area contributed by atoms with E-state index in [0.717, 1.165) is 11.1 Å². The summed E-state index contributed by atoms with van der Waals surface area (Å²) in [4.78, 5) is 11.7. The Hall–Kier alpha value is -1.59. The fourth-order valence-corrected chi connectivity index (χ4v) is 1.65. The second-order valence-corrected chi connectivity index (χ2v) is 4.12. The van der Waals surface area contributed by atoms with Gasteiger partial charge in [0.15, 0.2) is 0 Å². The van der Waals surface area contributed by atoms with Gasteiger partial charge in [-0.3, -0.25) is 4.79 Å². The van der Waals surface area contributed by atoms with E-state index < -0.39 is 6.04 Å². The lowest BCUT2D eigenvalue weighted by atomic mass is 10.1. The van der Waals surface area contributed by atoms with E-state index in [1.807, 2.05) is 25.1 Å². The van der Waals surface area contributed by atoms with Gasteiger partial charge in [-0.25, -0.2) is 0 Å². The zero-order valence-corrected chi connectivity index (χ0v) is 10.6. The molecule has 100 valence electrons. The highest BCUT2D eigenvalue weighted by Crippen LogP contribution is 2.20. The normalized spacial score (nSPS) is 10.5. The van der Waals surface area contributed by atoms with Gasteiger partial charge in [-0.15, -0.1) is 0 Å². The van der Waals surface area contributed by atoms with E-state index in [2.05, 4.69) is 5.32 Å². The van der Waals surface area contributed by atoms with Crippen molar-refractivity contribution in [3.05, 3.63) is 29.3 Å². The van der Waals surface area contributed by atoms with E-state index in [9.17, 15) is 4.79 Å². The minimum Gasteiger partial charge on any atom is -0.496 e. The lowest BCUT2D eigenvalue weighted by Crippen LogP contribution is -2.40. The van der Waals surface area contributed by atoms with Gasteiger partial charge in [0.05, 0.1) is 32.8 Å². The van der Waals surface area contributed by atoms with Crippen LogP contribution in [0.1, 0.15) is 11.1 Å². The van der Waals surface area contributed by atoms with Crippen LogP contribution >= 0.6 is 0 Å². The van der Waals surface area contributed by atoms with Crippen molar-refractivity contribution in [2.45, 2.75) is 19.4 Å². The standard InChI is InChI=1S/C13H19NO4/c1-9-3-4-12(18-2)10(5-9)6-13(17)14-11(7-15)8-16/h3-5,11,15-16H,6-8H2,1-2H3,(H,14,17). The molecule has 0 atom stereocenters. The zero-order chi connectivity index (χ0) is 13.5. The number of hydrogen-bond acceptors (Lipinski definition) is 4. The fourth-order valence-electron chi connectivity index (χ4n) is 1.65. The molecule has 0 aliphatic carbocycles. The minimum absolute atomic E-state index is 0.154. The van der Waals surface area contributed by atoms with Crippen LogP contribution in [0.2, 0.25) is 0 Å². The third kappa shape index (κ3) is 4.01. The molecule has 3 N–H and O–H groups in total. The molecule has 0 aliphatic heterocycles. The number of nitrogens with one attached hydrogen (secondary N) is 1. The Labute approximate surface area is 106 Å². The maximum absolute atomic E-state index is 11.7. The number of rotatable bonds is 6. The lowest BCUT2D eigenvalue weighted by molar-refractivity contribution is -0.121. The van der Waals surface area contributed by atoms with Crippen LogP contribution in [0.25, 0.3) is 0 Å². The average molecular weight is 253 g/mol. The molecule has 5 nitrogen and oxygen atoms in total. The molecule has 5 heteroatoms. The number of carbonyl (C=O) groups is 1. The van der Waals surface area contributed by atoms with Crippen molar-refractivity contribution in [1.29, 1.82) is 0 Å². The van der Waals surface area contributed by atoms with Crippen molar-refractivity contribution in [1.82, 2.24) is 5.32 Å². The third-order valence-corrected chi connectivity index (χ3v) is 2.59. The predicted molar refractivity (Wildman–Crippen MR) is 67.5 cm³/mol. The first-order valence-electron chi connectivity index (χ1n) is 5.75. The summed E-state index contributed by atoms with van der Waals surface area (Å²) in [7, 11) is 1.55. The van der Waals surface area contributed by atoms with E-state index >= 15 is 0 Å². The number of aliphatic hydroxyl groups is 2. The van der Waals surface area contributed by atoms with Gasteiger partial charge < -0.3 is 20.3 Å². The number of aryl methyl sites for hydroxylation is 1. The Morgan fingerprint density at radius 2 is 2.06 bits per heavy atom. The topological polar surface area (TPSA) is 78.8 Å². The molecular weight excluding hydrogens is 234 g/mol. The van der Waals surface area contributed by atoms with E-state index in [-0.39, 0.29) is 25.5 Å². The highest BCUT2D eigenvalue weighted by Gasteiger charge is 2.13. The molecule has 0 radical (unpaired) electrons. The first kappa shape index (κ1) is 14.5. The smallest absolute Gasteiger partial charge is 0.224 e. The van der Waals surface area contributed by atoms with Crippen LogP contribution in [0, 0.1) is 6.92 Å². The van der Waals surface area contributed by atoms with Gasteiger partial charge in [-0.1, -0.05) is 17.7 Å². The molecule has 0 heterocycles. The van der Waals surface area contributed by atoms with Gasteiger partial charge in [0.1, 0.15) is 5.75 Å². The van der Waals surface area contributed by atoms with Gasteiger partial charge in [-0.05, 0) is 13.0 Å². The summed E-state index contributed by atoms with van der Waals surface area (Å²) < 4.78 is 5.18. The summed E-state index contributed by atoms with van der Waals surface area (Å²) in [6, 6.07) is 4.98. The molecular formula is C13H19NO4. The molecule has 0 saturated heterocycles. The first-order valence-corrected chi connectivity index (χ1v) is 5.75. The molecule has 0 bridgehead atoms. The minimum atomic E-state index is -0.617. The van der Waals surface area contributed by atoms with E-state index in [4.69, 9.17) is 14.9 Å². The number of methoxy groups -OCH3 is 1. The molecule has 1 aromatic carbocycles. The van der Waals surface area contributed by atoms with Crippen LogP contribution in [0.4, 0.5) is 0 Å². The summed E-state index contributed by atoms with van der Waals surface area (Å²) in [6.07, 6.45) is 0.154. The Balaban J connectivity index is 2.71. The first-order chi connectivity index (χ1) is 8.60. The molecule has 1 rings (SSSR count). The largest absolute Gasteiger partial charge is 0.496 e. The average Bonchev–Trinajstić information content (AvgIpc) is 2.36. The lowest BCUT2D eigenvalue weighted by Gasteiger charge is -2.14. The summed E-state index contributed by atoms with van der Waals surface area (Å²) in [5.74, 6) is 0.396. The van der Waals surface area contributed by atoms with E-state index in [1.165, 1.54) is 0 Å². The SMILES string of the molecule is COc1ccc(C)cc1CC(=O)NC(CO)CO. The number of carbonyl (C=O) groups excluding carboxylic acids is 1. The summed E-state index contributed by atoms with van der Waals surface area (Å²) in [5.41, 5.74) is 1.82. The Morgan fingerprint density at radius 1 is 1.39 bits per heavy atom. The molecule has 18 heavy (non-hydrogen) atoms. The van der Waals surface area contributed by atoms with E-state index in [0.29, 0.717) is 5.75 Å². The van der Waals surface area contributed by atoms with Gasteiger partial charge in [0.25, 0.3) is 0 Å². The van der Waals surface area contributed by atoms with Crippen LogP contribution in [0.3, 0.4) is 0 Å². The van der Waals surface area contributed by atoms with Crippen molar-refractivity contribution >= 4 is 5.91 Å². The molecule has 0 fully saturated rings. The summed E-state index contributed by atoms with van der Waals surface area (Å²) >= 11 is 0. The number of aliphatic hydroxyl groups excluding tert-OH is 2. The van der Waals surface area contributed by atoms with Crippen molar-refractivity contribution in [2.75, 3.05) is 20.3 Å². The van der Waals surface area contributed by atoms with Gasteiger partial charge >= 0.3 is 0 Å². The van der Waals surface area contributed by atoms with Crippen LogP contribution in [0.5, 0.6) is 5.75 Å². The Kier molecular flexibility index (Phi) is 5.61. The fraction of sp³-hybridized carbons (Fsp3) is 0.462. The summed E-state index contributed by atoms with van der Waals surface area (Å²) in [6.45, 7) is 1.37. The molecule has 0 spiro atoms. The van der Waals surface area contributed by atoms with Crippen LogP contribution < -0.4 is 10.1 Å². The molecule has 1 amide bonds. The van der Waals surface area contributed by atoms with Gasteiger partial charge in [0.2, 0.25) is 5.91 Å². The van der Waals surface area contributed by atoms with Crippen molar-refractivity contribution in [2.24, 2.45) is 0 Å². The molecule has 0 unspecified atom stereocenters. The van der Waals surface area contributed by atoms with Crippen LogP contribution in [-0.4, -0.2) is 42.5 Å². The predicted octanol–water partition coefficient (Wildman–Crippen LogP) is 0.0155. The highest BCUT2D eigenvalue weighted by molar-refractivity contribution is 5.79. The number of benzene rings is 1. The maximum atomic E-state index is 11.7. The Bertz CT molecular complexity index is 402. The maximum Gasteiger partial charge on any atom is 0.224 e. The quantitative estimate of drug-likeness (QED) is 0.667. The van der Waals surface area contributed by atoms with Crippen LogP contribution in [0.15, 0.2) is 18.2 Å². The summed E-state index contributed by atoms with van der Waals surface area (Å²) in [5, 5.41) is 20.3. The molecule has 1 aromatic rings. The van der Waals surface area contributed by atoms with Crippen molar-refractivity contribution in [3.63, 3.8) is 0 Å². The highest BCUT2D eigenvalue weighted by atomic mass is 16.5. The third-order valence-electron chi connectivity index (χ3n) is 2.59. The second kappa shape index (κ2) is 6.98. The van der Waals surface area contributed by atoms with Crippen molar-refractivity contribution in [3.8, 4) is 5.75 Å². The number of ether oxygens (including phenoxy) is 1. The second-order valence-electron chi connectivity index (χ2n) is 4.12. The van der Waals surface area contributed by atoms with Gasteiger partial charge in [-0.2, -0.15) is 0 Å². The molecule has 0 aliphatic rings. The number of amides is 1. The molecule has 0 aromatic heterocycles. The van der Waals surface area contributed by atoms with Crippen LogP contribution in [-0.2, 0) is 11.2 Å². The molecule has 0 saturated carbocycles. The monoisotopic (exact) mass is 253 g/mol. The Morgan fingerprint density at radius 3 is 2.61 bits per heavy atom. The van der Waals surface area contributed by atoms with Gasteiger partial charge in [0, 0.05) is 5.56 Å².